The summed E-state index contributed by atoms with van der Waals surface area (Å²) in [6, 6.07) is 11.2. The van der Waals surface area contributed by atoms with E-state index in [1.165, 1.54) is 10.4 Å². The van der Waals surface area contributed by atoms with Crippen LogP contribution in [0.5, 0.6) is 11.5 Å². The van der Waals surface area contributed by atoms with E-state index in [2.05, 4.69) is 5.32 Å². The van der Waals surface area contributed by atoms with Gasteiger partial charge in [-0.2, -0.15) is 4.31 Å². The lowest BCUT2D eigenvalue weighted by Gasteiger charge is -2.21. The Morgan fingerprint density at radius 1 is 1.00 bits per heavy atom. The topological polar surface area (TPSA) is 84.9 Å². The number of sulfonamides is 1. The molecule has 8 heteroatoms. The largest absolute Gasteiger partial charge is 0.497 e. The number of nitrogens with one attached hydrogen (secondary N) is 1. The average molecular weight is 447 g/mol. The fourth-order valence-corrected chi connectivity index (χ4v) is 5.33. The van der Waals surface area contributed by atoms with Crippen molar-refractivity contribution in [3.8, 4) is 11.5 Å². The summed E-state index contributed by atoms with van der Waals surface area (Å²) < 4.78 is 38.4. The first-order valence-electron chi connectivity index (χ1n) is 10.5. The Kier molecular flexibility index (Phi) is 7.56. The second kappa shape index (κ2) is 10.2. The molecule has 1 saturated heterocycles. The number of rotatable bonds is 7. The molecule has 0 spiro atoms. The van der Waals surface area contributed by atoms with Gasteiger partial charge in [0.1, 0.15) is 11.5 Å². The summed E-state index contributed by atoms with van der Waals surface area (Å²) in [6.45, 7) is 2.88. The van der Waals surface area contributed by atoms with Crippen molar-refractivity contribution in [3.05, 3.63) is 53.6 Å². The Hall–Kier alpha value is -2.58. The fourth-order valence-electron chi connectivity index (χ4n) is 3.76. The Bertz CT molecular complexity index is 1010. The van der Waals surface area contributed by atoms with Gasteiger partial charge in [0.15, 0.2) is 0 Å². The van der Waals surface area contributed by atoms with Crippen molar-refractivity contribution >= 4 is 15.9 Å². The third-order valence-corrected chi connectivity index (χ3v) is 7.44. The minimum atomic E-state index is -3.62. The fraction of sp³-hybridized carbons (Fsp3) is 0.435. The van der Waals surface area contributed by atoms with E-state index in [1.54, 1.807) is 44.6 Å². The Labute approximate surface area is 184 Å². The molecule has 1 aliphatic rings. The predicted octanol–water partition coefficient (Wildman–Crippen LogP) is 3.76. The molecule has 3 rings (SSSR count). The van der Waals surface area contributed by atoms with Crippen molar-refractivity contribution in [2.45, 2.75) is 43.5 Å². The molecule has 2 aromatic rings. The SMILES string of the molecule is COc1ccc(OC)c([C@H](C)NC(=O)c2cccc(S(=O)(=O)N3CCCCCC3)c2)c1. The molecule has 0 radical (unpaired) electrons. The number of hydrogen-bond acceptors (Lipinski definition) is 5. The molecule has 1 fully saturated rings. The van der Waals surface area contributed by atoms with E-state index < -0.39 is 10.0 Å². The molecule has 1 heterocycles. The van der Waals surface area contributed by atoms with Gasteiger partial charge in [-0.3, -0.25) is 4.79 Å². The number of methoxy groups -OCH3 is 2. The molecule has 0 unspecified atom stereocenters. The average Bonchev–Trinajstić information content (AvgIpc) is 3.09. The smallest absolute Gasteiger partial charge is 0.251 e. The third-order valence-electron chi connectivity index (χ3n) is 5.55. The zero-order valence-electron chi connectivity index (χ0n) is 18.3. The van der Waals surface area contributed by atoms with Gasteiger partial charge in [-0.25, -0.2) is 8.42 Å². The van der Waals surface area contributed by atoms with E-state index in [0.717, 1.165) is 31.2 Å². The highest BCUT2D eigenvalue weighted by molar-refractivity contribution is 7.89. The summed E-state index contributed by atoms with van der Waals surface area (Å²) in [6.07, 6.45) is 3.80. The molecular weight excluding hydrogens is 416 g/mol. The standard InChI is InChI=1S/C23H30N2O5S/c1-17(21-16-19(29-2)11-12-22(21)30-3)24-23(26)18-9-8-10-20(15-18)31(27,28)25-13-6-4-5-7-14-25/h8-12,15-17H,4-7,13-14H2,1-3H3,(H,24,26)/t17-/m0/s1. The van der Waals surface area contributed by atoms with E-state index in [9.17, 15) is 13.2 Å². The molecule has 0 aromatic heterocycles. The van der Waals surface area contributed by atoms with Crippen LogP contribution in [0.15, 0.2) is 47.4 Å². The summed E-state index contributed by atoms with van der Waals surface area (Å²) in [5.74, 6) is 0.929. The molecule has 7 nitrogen and oxygen atoms in total. The van der Waals surface area contributed by atoms with Gasteiger partial charge in [0, 0.05) is 24.2 Å². The van der Waals surface area contributed by atoms with Gasteiger partial charge in [-0.05, 0) is 56.2 Å². The maximum atomic E-state index is 13.1. The maximum Gasteiger partial charge on any atom is 0.251 e. The summed E-state index contributed by atoms with van der Waals surface area (Å²) in [4.78, 5) is 13.0. The quantitative estimate of drug-likeness (QED) is 0.700. The van der Waals surface area contributed by atoms with Crippen LogP contribution in [0.3, 0.4) is 0 Å². The summed E-state index contributed by atoms with van der Waals surface area (Å²) in [7, 11) is -0.484. The molecule has 168 valence electrons. The highest BCUT2D eigenvalue weighted by Crippen LogP contribution is 2.29. The Morgan fingerprint density at radius 3 is 2.35 bits per heavy atom. The van der Waals surface area contributed by atoms with Crippen molar-refractivity contribution in [3.63, 3.8) is 0 Å². The van der Waals surface area contributed by atoms with Crippen LogP contribution in [0.4, 0.5) is 0 Å². The molecule has 2 aromatic carbocycles. The van der Waals surface area contributed by atoms with Gasteiger partial charge in [0.05, 0.1) is 25.2 Å². The van der Waals surface area contributed by atoms with Crippen LogP contribution in [0.1, 0.15) is 54.6 Å². The van der Waals surface area contributed by atoms with Gasteiger partial charge in [-0.15, -0.1) is 0 Å². The van der Waals surface area contributed by atoms with Crippen LogP contribution in [-0.2, 0) is 10.0 Å². The lowest BCUT2D eigenvalue weighted by atomic mass is 10.1. The Morgan fingerprint density at radius 2 is 1.71 bits per heavy atom. The van der Waals surface area contributed by atoms with Crippen LogP contribution in [-0.4, -0.2) is 45.9 Å². The first kappa shape index (κ1) is 23.1. The zero-order valence-corrected chi connectivity index (χ0v) is 19.1. The van der Waals surface area contributed by atoms with Crippen molar-refractivity contribution in [1.29, 1.82) is 0 Å². The molecule has 31 heavy (non-hydrogen) atoms. The minimum absolute atomic E-state index is 0.147. The Balaban J connectivity index is 1.80. The molecular formula is C23H30N2O5S. The number of amides is 1. The maximum absolute atomic E-state index is 13.1. The number of ether oxygens (including phenoxy) is 2. The van der Waals surface area contributed by atoms with Crippen LogP contribution in [0.2, 0.25) is 0 Å². The highest BCUT2D eigenvalue weighted by Gasteiger charge is 2.26. The van der Waals surface area contributed by atoms with E-state index in [4.69, 9.17) is 9.47 Å². The number of carbonyl (C=O) groups is 1. The van der Waals surface area contributed by atoms with Crippen LogP contribution < -0.4 is 14.8 Å². The van der Waals surface area contributed by atoms with E-state index >= 15 is 0 Å². The van der Waals surface area contributed by atoms with Gasteiger partial charge < -0.3 is 14.8 Å². The predicted molar refractivity (Wildman–Crippen MR) is 119 cm³/mol. The van der Waals surface area contributed by atoms with Gasteiger partial charge >= 0.3 is 0 Å². The summed E-state index contributed by atoms with van der Waals surface area (Å²) in [5.41, 5.74) is 1.06. The van der Waals surface area contributed by atoms with Gasteiger partial charge in [0.25, 0.3) is 5.91 Å². The van der Waals surface area contributed by atoms with E-state index in [0.29, 0.717) is 30.2 Å². The van der Waals surface area contributed by atoms with Crippen molar-refractivity contribution < 1.29 is 22.7 Å². The van der Waals surface area contributed by atoms with Crippen LogP contribution >= 0.6 is 0 Å². The third kappa shape index (κ3) is 5.37. The first-order valence-corrected chi connectivity index (χ1v) is 11.9. The number of hydrogen-bond donors (Lipinski definition) is 1. The molecule has 0 bridgehead atoms. The second-order valence-electron chi connectivity index (χ2n) is 7.65. The number of nitrogens with zero attached hydrogens (tertiary/aromatic N) is 1. The lowest BCUT2D eigenvalue weighted by Crippen LogP contribution is -2.32. The molecule has 1 aliphatic heterocycles. The highest BCUT2D eigenvalue weighted by atomic mass is 32.2. The number of benzene rings is 2. The number of carbonyl (C=O) groups excluding carboxylic acids is 1. The zero-order chi connectivity index (χ0) is 22.4. The van der Waals surface area contributed by atoms with Crippen LogP contribution in [0.25, 0.3) is 0 Å². The normalized spacial score (nSPS) is 16.2. The first-order chi connectivity index (χ1) is 14.9. The lowest BCUT2D eigenvalue weighted by molar-refractivity contribution is 0.0939. The monoisotopic (exact) mass is 446 g/mol. The molecule has 1 atom stereocenters. The van der Waals surface area contributed by atoms with Gasteiger partial charge in [0.2, 0.25) is 10.0 Å². The van der Waals surface area contributed by atoms with Crippen molar-refractivity contribution in [2.75, 3.05) is 27.3 Å². The summed E-state index contributed by atoms with van der Waals surface area (Å²) >= 11 is 0. The molecule has 0 aliphatic carbocycles. The van der Waals surface area contributed by atoms with Crippen LogP contribution in [0, 0.1) is 0 Å². The minimum Gasteiger partial charge on any atom is -0.497 e. The van der Waals surface area contributed by atoms with Crippen molar-refractivity contribution in [1.82, 2.24) is 9.62 Å². The van der Waals surface area contributed by atoms with Gasteiger partial charge in [-0.1, -0.05) is 18.9 Å². The molecule has 1 amide bonds. The van der Waals surface area contributed by atoms with E-state index in [-0.39, 0.29) is 16.8 Å². The second-order valence-corrected chi connectivity index (χ2v) is 9.59. The van der Waals surface area contributed by atoms with E-state index in [1.807, 2.05) is 13.0 Å². The van der Waals surface area contributed by atoms with Crippen molar-refractivity contribution in [2.24, 2.45) is 0 Å². The molecule has 1 N–H and O–H groups in total. The molecule has 0 saturated carbocycles. The summed E-state index contributed by atoms with van der Waals surface area (Å²) in [5, 5.41) is 2.92.